The molecule has 0 radical (unpaired) electrons. The van der Waals surface area contributed by atoms with Crippen molar-refractivity contribution < 1.29 is 14.3 Å². The van der Waals surface area contributed by atoms with E-state index in [1.54, 1.807) is 14.2 Å². The number of hydrogen-bond donors (Lipinski definition) is 2. The number of amides is 1. The predicted molar refractivity (Wildman–Crippen MR) is 138 cm³/mol. The average molecular weight is 552 g/mol. The molecule has 1 saturated carbocycles. The second-order valence-electron chi connectivity index (χ2n) is 7.70. The first-order chi connectivity index (χ1) is 15.1. The molecular weight excluding hydrogens is 519 g/mol. The summed E-state index contributed by atoms with van der Waals surface area (Å²) >= 11 is 0. The van der Waals surface area contributed by atoms with Gasteiger partial charge in [-0.2, -0.15) is 0 Å². The van der Waals surface area contributed by atoms with Crippen molar-refractivity contribution in [1.29, 1.82) is 0 Å². The summed E-state index contributed by atoms with van der Waals surface area (Å²) in [5.41, 5.74) is 2.38. The third-order valence-corrected chi connectivity index (χ3v) is 5.08. The van der Waals surface area contributed by atoms with E-state index in [0.717, 1.165) is 44.1 Å². The van der Waals surface area contributed by atoms with Crippen LogP contribution in [0.1, 0.15) is 24.0 Å². The van der Waals surface area contributed by atoms with Crippen molar-refractivity contribution in [1.82, 2.24) is 15.5 Å². The third-order valence-electron chi connectivity index (χ3n) is 5.08. The highest BCUT2D eigenvalue weighted by Gasteiger charge is 2.23. The molecule has 0 heterocycles. The normalized spacial score (nSPS) is 13.0. The van der Waals surface area contributed by atoms with Gasteiger partial charge in [0.05, 0.1) is 7.11 Å². The molecule has 0 saturated heterocycles. The molecule has 0 atom stereocenters. The molecule has 2 aromatic rings. The lowest BCUT2D eigenvalue weighted by Gasteiger charge is -2.22. The Morgan fingerprint density at radius 2 is 1.69 bits per heavy atom. The molecular formula is C24H33IN4O3. The van der Waals surface area contributed by atoms with Gasteiger partial charge in [0.1, 0.15) is 11.5 Å². The number of nitrogens with zero attached hydrogens (tertiary/aromatic N) is 2. The summed E-state index contributed by atoms with van der Waals surface area (Å²) in [5, 5.41) is 6.32. The molecule has 2 N–H and O–H groups in total. The molecule has 7 nitrogen and oxygen atoms in total. The van der Waals surface area contributed by atoms with Gasteiger partial charge in [0, 0.05) is 33.2 Å². The first-order valence-electron chi connectivity index (χ1n) is 10.6. The number of halogens is 1. The quantitative estimate of drug-likeness (QED) is 0.269. The van der Waals surface area contributed by atoms with Gasteiger partial charge in [-0.1, -0.05) is 24.3 Å². The lowest BCUT2D eigenvalue weighted by molar-refractivity contribution is -0.123. The standard InChI is InChI=1S/C24H32N4O3.HI/c1-25-24(28(2)16-19-6-10-21(30-3)11-7-19)26-15-14-18-4-12-22(13-5-18)31-17-23(29)27-20-8-9-20;/h4-7,10-13,20H,8-9,14-17H2,1-3H3,(H,25,26)(H,27,29);1H. The summed E-state index contributed by atoms with van der Waals surface area (Å²) < 4.78 is 10.8. The Hall–Kier alpha value is -2.49. The van der Waals surface area contributed by atoms with Gasteiger partial charge in [-0.25, -0.2) is 0 Å². The lowest BCUT2D eigenvalue weighted by atomic mass is 10.1. The second kappa shape index (κ2) is 13.1. The van der Waals surface area contributed by atoms with Gasteiger partial charge in [-0.3, -0.25) is 9.79 Å². The molecule has 8 heteroatoms. The Morgan fingerprint density at radius 1 is 1.06 bits per heavy atom. The first-order valence-corrected chi connectivity index (χ1v) is 10.6. The number of carbonyl (C=O) groups is 1. The molecule has 174 valence electrons. The van der Waals surface area contributed by atoms with Crippen molar-refractivity contribution in [2.75, 3.05) is 34.4 Å². The van der Waals surface area contributed by atoms with E-state index in [0.29, 0.717) is 11.8 Å². The molecule has 2 aromatic carbocycles. The monoisotopic (exact) mass is 552 g/mol. The van der Waals surface area contributed by atoms with Crippen molar-refractivity contribution in [3.8, 4) is 11.5 Å². The number of rotatable bonds is 10. The molecule has 1 amide bonds. The SMILES string of the molecule is CN=C(NCCc1ccc(OCC(=O)NC2CC2)cc1)N(C)Cc1ccc(OC)cc1.I. The number of nitrogens with one attached hydrogen (secondary N) is 2. The summed E-state index contributed by atoms with van der Waals surface area (Å²) in [4.78, 5) is 18.2. The van der Waals surface area contributed by atoms with Crippen LogP contribution in [0.2, 0.25) is 0 Å². The number of methoxy groups -OCH3 is 1. The summed E-state index contributed by atoms with van der Waals surface area (Å²) in [7, 11) is 5.48. The molecule has 0 aliphatic heterocycles. The number of carbonyl (C=O) groups excluding carboxylic acids is 1. The number of hydrogen-bond acceptors (Lipinski definition) is 4. The lowest BCUT2D eigenvalue weighted by Crippen LogP contribution is -2.39. The van der Waals surface area contributed by atoms with E-state index in [4.69, 9.17) is 9.47 Å². The van der Waals surface area contributed by atoms with Gasteiger partial charge in [-0.15, -0.1) is 24.0 Å². The zero-order valence-electron chi connectivity index (χ0n) is 19.0. The Morgan fingerprint density at radius 3 is 2.28 bits per heavy atom. The summed E-state index contributed by atoms with van der Waals surface area (Å²) in [6, 6.07) is 16.3. The molecule has 1 aliphatic carbocycles. The fourth-order valence-electron chi connectivity index (χ4n) is 3.18. The number of aliphatic imine (C=N–C) groups is 1. The Bertz CT molecular complexity index is 868. The van der Waals surface area contributed by atoms with E-state index in [1.165, 1.54) is 11.1 Å². The Labute approximate surface area is 207 Å². The van der Waals surface area contributed by atoms with Crippen LogP contribution in [-0.2, 0) is 17.8 Å². The van der Waals surface area contributed by atoms with Gasteiger partial charge in [0.2, 0.25) is 0 Å². The number of guanidine groups is 1. The van der Waals surface area contributed by atoms with Crippen molar-refractivity contribution >= 4 is 35.8 Å². The minimum atomic E-state index is -0.0547. The average Bonchev–Trinajstić information content (AvgIpc) is 3.60. The zero-order valence-corrected chi connectivity index (χ0v) is 21.3. The summed E-state index contributed by atoms with van der Waals surface area (Å²) in [6.07, 6.45) is 3.02. The highest BCUT2D eigenvalue weighted by atomic mass is 127. The van der Waals surface area contributed by atoms with E-state index in [2.05, 4.69) is 32.7 Å². The second-order valence-corrected chi connectivity index (χ2v) is 7.70. The van der Waals surface area contributed by atoms with Gasteiger partial charge < -0.3 is 25.0 Å². The molecule has 1 fully saturated rings. The minimum absolute atomic E-state index is 0. The summed E-state index contributed by atoms with van der Waals surface area (Å²) in [6.45, 7) is 1.59. The van der Waals surface area contributed by atoms with Crippen molar-refractivity contribution in [2.24, 2.45) is 4.99 Å². The largest absolute Gasteiger partial charge is 0.497 e. The summed E-state index contributed by atoms with van der Waals surface area (Å²) in [5.74, 6) is 2.35. The van der Waals surface area contributed by atoms with Gasteiger partial charge in [0.15, 0.2) is 12.6 Å². The van der Waals surface area contributed by atoms with Crippen molar-refractivity contribution in [2.45, 2.75) is 31.8 Å². The maximum absolute atomic E-state index is 11.7. The first kappa shape index (κ1) is 25.8. The highest BCUT2D eigenvalue weighted by Crippen LogP contribution is 2.18. The van der Waals surface area contributed by atoms with Crippen LogP contribution < -0.4 is 20.1 Å². The maximum atomic E-state index is 11.7. The topological polar surface area (TPSA) is 75.2 Å². The van der Waals surface area contributed by atoms with E-state index in [-0.39, 0.29) is 36.5 Å². The van der Waals surface area contributed by atoms with E-state index in [1.807, 2.05) is 43.4 Å². The zero-order chi connectivity index (χ0) is 22.1. The smallest absolute Gasteiger partial charge is 0.258 e. The van der Waals surface area contributed by atoms with Crippen LogP contribution in [0.25, 0.3) is 0 Å². The van der Waals surface area contributed by atoms with Crippen LogP contribution in [0.4, 0.5) is 0 Å². The maximum Gasteiger partial charge on any atom is 0.258 e. The van der Waals surface area contributed by atoms with E-state index in [9.17, 15) is 4.79 Å². The van der Waals surface area contributed by atoms with Crippen LogP contribution in [0.3, 0.4) is 0 Å². The molecule has 1 aliphatic rings. The number of benzene rings is 2. The van der Waals surface area contributed by atoms with Crippen molar-refractivity contribution in [3.05, 3.63) is 59.7 Å². The molecule has 0 bridgehead atoms. The fourth-order valence-corrected chi connectivity index (χ4v) is 3.18. The fraction of sp³-hybridized carbons (Fsp3) is 0.417. The molecule has 0 unspecified atom stereocenters. The van der Waals surface area contributed by atoms with Crippen LogP contribution >= 0.6 is 24.0 Å². The van der Waals surface area contributed by atoms with Crippen LogP contribution in [0.5, 0.6) is 11.5 Å². The number of ether oxygens (including phenoxy) is 2. The molecule has 0 aromatic heterocycles. The predicted octanol–water partition coefficient (Wildman–Crippen LogP) is 3.22. The highest BCUT2D eigenvalue weighted by molar-refractivity contribution is 14.0. The Kier molecular flexibility index (Phi) is 10.6. The van der Waals surface area contributed by atoms with Crippen LogP contribution in [-0.4, -0.2) is 57.2 Å². The third kappa shape index (κ3) is 8.57. The molecule has 32 heavy (non-hydrogen) atoms. The Balaban J connectivity index is 0.00000363. The van der Waals surface area contributed by atoms with E-state index < -0.39 is 0 Å². The molecule has 0 spiro atoms. The van der Waals surface area contributed by atoms with Crippen molar-refractivity contribution in [3.63, 3.8) is 0 Å². The minimum Gasteiger partial charge on any atom is -0.497 e. The van der Waals surface area contributed by atoms with Gasteiger partial charge >= 0.3 is 0 Å². The van der Waals surface area contributed by atoms with Crippen LogP contribution in [0.15, 0.2) is 53.5 Å². The van der Waals surface area contributed by atoms with Gasteiger partial charge in [-0.05, 0) is 54.7 Å². The molecule has 3 rings (SSSR count). The van der Waals surface area contributed by atoms with Gasteiger partial charge in [0.25, 0.3) is 5.91 Å². The van der Waals surface area contributed by atoms with E-state index >= 15 is 0 Å². The van der Waals surface area contributed by atoms with Crippen LogP contribution in [0, 0.1) is 0 Å².